The molecule has 0 unspecified atom stereocenters. The molecule has 35 heavy (non-hydrogen) atoms. The number of anilines is 1. The van der Waals surface area contributed by atoms with Gasteiger partial charge in [0.25, 0.3) is 5.56 Å². The summed E-state index contributed by atoms with van der Waals surface area (Å²) in [5.74, 6) is -0.633. The van der Waals surface area contributed by atoms with Crippen molar-refractivity contribution < 1.29 is 13.2 Å². The van der Waals surface area contributed by atoms with Gasteiger partial charge in [-0.3, -0.25) is 14.2 Å². The molecular formula is C24H25N5O5S. The van der Waals surface area contributed by atoms with Crippen LogP contribution in [0.2, 0.25) is 0 Å². The quantitative estimate of drug-likeness (QED) is 0.417. The summed E-state index contributed by atoms with van der Waals surface area (Å²) in [7, 11) is -3.48. The maximum atomic E-state index is 13.4. The smallest absolute Gasteiger partial charge is 0.325 e. The molecule has 0 bridgehead atoms. The van der Waals surface area contributed by atoms with Crippen molar-refractivity contribution in [1.82, 2.24) is 18.7 Å². The molecule has 4 rings (SSSR count). The van der Waals surface area contributed by atoms with Crippen LogP contribution in [-0.4, -0.2) is 39.3 Å². The van der Waals surface area contributed by atoms with Gasteiger partial charge in [-0.1, -0.05) is 36.4 Å². The molecule has 2 aromatic heterocycles. The van der Waals surface area contributed by atoms with Gasteiger partial charge in [-0.2, -0.15) is 0 Å². The molecule has 0 saturated heterocycles. The highest BCUT2D eigenvalue weighted by Crippen LogP contribution is 2.20. The molecule has 0 saturated carbocycles. The van der Waals surface area contributed by atoms with E-state index in [-0.39, 0.29) is 28.3 Å². The first kappa shape index (κ1) is 24.1. The first-order valence-electron chi connectivity index (χ1n) is 10.9. The zero-order valence-electron chi connectivity index (χ0n) is 19.6. The number of nitrogens with one attached hydrogen (secondary N) is 1. The number of sulfone groups is 1. The number of amides is 1. The molecule has 0 aliphatic rings. The van der Waals surface area contributed by atoms with Crippen molar-refractivity contribution in [3.05, 3.63) is 86.8 Å². The van der Waals surface area contributed by atoms with E-state index in [0.717, 1.165) is 16.4 Å². The van der Waals surface area contributed by atoms with Crippen LogP contribution in [0.1, 0.15) is 18.1 Å². The fourth-order valence-corrected chi connectivity index (χ4v) is 4.47. The summed E-state index contributed by atoms with van der Waals surface area (Å²) >= 11 is 0. The number of rotatable bonds is 7. The molecule has 2 heterocycles. The Labute approximate surface area is 201 Å². The molecule has 0 spiro atoms. The van der Waals surface area contributed by atoms with Crippen molar-refractivity contribution in [3.63, 3.8) is 0 Å². The maximum Gasteiger partial charge on any atom is 0.333 e. The molecule has 0 fully saturated rings. The number of hydrogen-bond acceptors (Lipinski definition) is 6. The van der Waals surface area contributed by atoms with Crippen LogP contribution in [0, 0.1) is 6.92 Å². The minimum atomic E-state index is -3.48. The summed E-state index contributed by atoms with van der Waals surface area (Å²) in [5.41, 5.74) is 0.958. The van der Waals surface area contributed by atoms with Crippen LogP contribution in [0.15, 0.2) is 69.3 Å². The number of carbonyl (C=O) groups is 1. The Bertz CT molecular complexity index is 1650. The molecule has 0 atom stereocenters. The highest BCUT2D eigenvalue weighted by Gasteiger charge is 2.20. The Morgan fingerprint density at radius 2 is 1.77 bits per heavy atom. The lowest BCUT2D eigenvalue weighted by molar-refractivity contribution is -0.116. The molecular weight excluding hydrogens is 470 g/mol. The first-order valence-corrected chi connectivity index (χ1v) is 12.8. The second-order valence-corrected chi connectivity index (χ2v) is 10.3. The molecule has 182 valence electrons. The van der Waals surface area contributed by atoms with Gasteiger partial charge in [0.15, 0.2) is 21.0 Å². The van der Waals surface area contributed by atoms with Crippen molar-refractivity contribution >= 4 is 32.6 Å². The summed E-state index contributed by atoms with van der Waals surface area (Å²) < 4.78 is 27.7. The standard InChI is InChI=1S/C24H25N5O5S/c1-4-27-15-25-22-21(27)23(31)29(24(32)28(22)13-17-8-6-5-7-9-17)14-20(30)26-19-12-18(35(3,33)34)11-10-16(19)2/h5-12,15H,4,13-14H2,1-3H3,(H,26,30). The van der Waals surface area contributed by atoms with Crippen LogP contribution in [0.4, 0.5) is 5.69 Å². The fraction of sp³-hybridized carbons (Fsp3) is 0.250. The minimum absolute atomic E-state index is 0.0500. The summed E-state index contributed by atoms with van der Waals surface area (Å²) in [6, 6.07) is 13.7. The lowest BCUT2D eigenvalue weighted by Gasteiger charge is -2.14. The third-order valence-corrected chi connectivity index (χ3v) is 6.83. The average molecular weight is 496 g/mol. The van der Waals surface area contributed by atoms with Crippen molar-refractivity contribution in [1.29, 1.82) is 0 Å². The van der Waals surface area contributed by atoms with Gasteiger partial charge in [-0.05, 0) is 37.1 Å². The number of aromatic nitrogens is 4. The van der Waals surface area contributed by atoms with Crippen molar-refractivity contribution in [2.24, 2.45) is 0 Å². The summed E-state index contributed by atoms with van der Waals surface area (Å²) in [5, 5.41) is 2.63. The molecule has 4 aromatic rings. The maximum absolute atomic E-state index is 13.4. The van der Waals surface area contributed by atoms with Crippen LogP contribution >= 0.6 is 0 Å². The van der Waals surface area contributed by atoms with E-state index in [0.29, 0.717) is 12.1 Å². The number of nitrogens with zero attached hydrogens (tertiary/aromatic N) is 4. The Morgan fingerprint density at radius 3 is 2.43 bits per heavy atom. The number of benzene rings is 2. The zero-order valence-corrected chi connectivity index (χ0v) is 20.4. The predicted octanol–water partition coefficient (Wildman–Crippen LogP) is 1.78. The van der Waals surface area contributed by atoms with Crippen molar-refractivity contribution in [2.75, 3.05) is 11.6 Å². The third-order valence-electron chi connectivity index (χ3n) is 5.72. The number of imidazole rings is 1. The fourth-order valence-electron chi connectivity index (χ4n) is 3.83. The molecule has 1 N–H and O–H groups in total. The average Bonchev–Trinajstić information content (AvgIpc) is 3.25. The SMILES string of the molecule is CCn1cnc2c1c(=O)n(CC(=O)Nc1cc(S(C)(=O)=O)ccc1C)c(=O)n2Cc1ccccc1. The minimum Gasteiger partial charge on any atom is -0.325 e. The molecule has 10 nitrogen and oxygen atoms in total. The van der Waals surface area contributed by atoms with Gasteiger partial charge in [0, 0.05) is 18.5 Å². The van der Waals surface area contributed by atoms with Gasteiger partial charge in [0.05, 0.1) is 17.8 Å². The first-order chi connectivity index (χ1) is 16.6. The van der Waals surface area contributed by atoms with Gasteiger partial charge in [0.2, 0.25) is 5.91 Å². The Hall–Kier alpha value is -3.99. The Balaban J connectivity index is 1.76. The number of aryl methyl sites for hydroxylation is 2. The van der Waals surface area contributed by atoms with Crippen LogP contribution in [-0.2, 0) is 34.3 Å². The second-order valence-electron chi connectivity index (χ2n) is 8.25. The summed E-state index contributed by atoms with van der Waals surface area (Å²) in [6.45, 7) is 3.65. The van der Waals surface area contributed by atoms with Crippen molar-refractivity contribution in [2.45, 2.75) is 38.4 Å². The van der Waals surface area contributed by atoms with E-state index >= 15 is 0 Å². The topological polar surface area (TPSA) is 125 Å². The van der Waals surface area contributed by atoms with Crippen LogP contribution in [0.3, 0.4) is 0 Å². The molecule has 0 aliphatic carbocycles. The van der Waals surface area contributed by atoms with E-state index in [9.17, 15) is 22.8 Å². The summed E-state index contributed by atoms with van der Waals surface area (Å²) in [4.78, 5) is 43.9. The second kappa shape index (κ2) is 9.34. The third kappa shape index (κ3) is 4.80. The largest absolute Gasteiger partial charge is 0.333 e. The van der Waals surface area contributed by atoms with Gasteiger partial charge in [0.1, 0.15) is 6.54 Å². The van der Waals surface area contributed by atoms with Gasteiger partial charge in [-0.15, -0.1) is 0 Å². The number of hydrogen-bond donors (Lipinski definition) is 1. The Morgan fingerprint density at radius 1 is 1.06 bits per heavy atom. The molecule has 0 aliphatic heterocycles. The van der Waals surface area contributed by atoms with E-state index in [2.05, 4.69) is 10.3 Å². The van der Waals surface area contributed by atoms with Crippen LogP contribution in [0.5, 0.6) is 0 Å². The van der Waals surface area contributed by atoms with E-state index in [1.165, 1.54) is 23.0 Å². The van der Waals surface area contributed by atoms with Crippen molar-refractivity contribution in [3.8, 4) is 0 Å². The lowest BCUT2D eigenvalue weighted by atomic mass is 10.2. The molecule has 11 heteroatoms. The van der Waals surface area contributed by atoms with E-state index < -0.39 is 33.5 Å². The number of carbonyl (C=O) groups excluding carboxylic acids is 1. The monoisotopic (exact) mass is 495 g/mol. The zero-order chi connectivity index (χ0) is 25.3. The predicted molar refractivity (Wildman–Crippen MR) is 132 cm³/mol. The van der Waals surface area contributed by atoms with E-state index in [1.807, 2.05) is 37.3 Å². The molecule has 0 radical (unpaired) electrons. The van der Waals surface area contributed by atoms with Crippen LogP contribution < -0.4 is 16.6 Å². The van der Waals surface area contributed by atoms with Gasteiger partial charge >= 0.3 is 5.69 Å². The van der Waals surface area contributed by atoms with E-state index in [1.54, 1.807) is 17.6 Å². The van der Waals surface area contributed by atoms with Gasteiger partial charge in [-0.25, -0.2) is 22.8 Å². The lowest BCUT2D eigenvalue weighted by Crippen LogP contribution is -2.43. The molecule has 2 aromatic carbocycles. The Kier molecular flexibility index (Phi) is 6.44. The highest BCUT2D eigenvalue weighted by atomic mass is 32.2. The highest BCUT2D eigenvalue weighted by molar-refractivity contribution is 7.90. The van der Waals surface area contributed by atoms with Crippen LogP contribution in [0.25, 0.3) is 11.2 Å². The normalized spacial score (nSPS) is 11.6. The van der Waals surface area contributed by atoms with Gasteiger partial charge < -0.3 is 9.88 Å². The molecule has 1 amide bonds. The number of fused-ring (bicyclic) bond motifs is 1. The summed E-state index contributed by atoms with van der Waals surface area (Å²) in [6.07, 6.45) is 2.57. The van der Waals surface area contributed by atoms with E-state index in [4.69, 9.17) is 0 Å².